The summed E-state index contributed by atoms with van der Waals surface area (Å²) in [5.41, 5.74) is 1.85. The van der Waals surface area contributed by atoms with Crippen LogP contribution in [0, 0.1) is 0 Å². The van der Waals surface area contributed by atoms with E-state index in [1.54, 1.807) is 25.1 Å². The molecule has 2 atom stereocenters. The summed E-state index contributed by atoms with van der Waals surface area (Å²) >= 11 is 0. The number of anilines is 1. The minimum Gasteiger partial charge on any atom is -0.346 e. The van der Waals surface area contributed by atoms with Gasteiger partial charge >= 0.3 is 0 Å². The lowest BCUT2D eigenvalue weighted by molar-refractivity contribution is -0.114. The molecule has 3 N–H and O–H groups in total. The number of rotatable bonds is 8. The van der Waals surface area contributed by atoms with Crippen molar-refractivity contribution in [3.05, 3.63) is 59.7 Å². The SMILES string of the molecule is CCC(C)NS(=O)(=O)c1ccc(C(=O)NC(C)c2cccc(NC(C)=O)c2)cc1. The van der Waals surface area contributed by atoms with Crippen molar-refractivity contribution in [1.82, 2.24) is 10.0 Å². The number of carbonyl (C=O) groups excluding carboxylic acids is 2. The fourth-order valence-electron chi connectivity index (χ4n) is 2.65. The number of hydrogen-bond donors (Lipinski definition) is 3. The highest BCUT2D eigenvalue weighted by atomic mass is 32.2. The highest BCUT2D eigenvalue weighted by molar-refractivity contribution is 7.89. The molecule has 0 aromatic heterocycles. The molecule has 29 heavy (non-hydrogen) atoms. The normalized spacial score (nSPS) is 13.4. The van der Waals surface area contributed by atoms with E-state index in [1.165, 1.54) is 31.2 Å². The van der Waals surface area contributed by atoms with Crippen LogP contribution in [0.2, 0.25) is 0 Å². The van der Waals surface area contributed by atoms with Crippen molar-refractivity contribution < 1.29 is 18.0 Å². The summed E-state index contributed by atoms with van der Waals surface area (Å²) in [6.07, 6.45) is 0.681. The predicted molar refractivity (Wildman–Crippen MR) is 113 cm³/mol. The van der Waals surface area contributed by atoms with E-state index in [-0.39, 0.29) is 28.8 Å². The largest absolute Gasteiger partial charge is 0.346 e. The standard InChI is InChI=1S/C21H27N3O4S/c1-5-14(2)24-29(27,28)20-11-9-17(10-12-20)21(26)22-15(3)18-7-6-8-19(13-18)23-16(4)25/h6-15,24H,5H2,1-4H3,(H,22,26)(H,23,25). The molecule has 0 saturated carbocycles. The molecule has 2 unspecified atom stereocenters. The monoisotopic (exact) mass is 417 g/mol. The molecule has 2 rings (SSSR count). The summed E-state index contributed by atoms with van der Waals surface area (Å²) in [5.74, 6) is -0.488. The summed E-state index contributed by atoms with van der Waals surface area (Å²) in [5, 5.41) is 5.58. The van der Waals surface area contributed by atoms with Crippen LogP contribution in [0.15, 0.2) is 53.4 Å². The number of sulfonamides is 1. The van der Waals surface area contributed by atoms with Crippen molar-refractivity contribution in [3.63, 3.8) is 0 Å². The van der Waals surface area contributed by atoms with Crippen LogP contribution >= 0.6 is 0 Å². The van der Waals surface area contributed by atoms with Gasteiger partial charge in [-0.15, -0.1) is 0 Å². The molecule has 0 spiro atoms. The lowest BCUT2D eigenvalue weighted by atomic mass is 10.1. The molecular weight excluding hydrogens is 390 g/mol. The van der Waals surface area contributed by atoms with E-state index in [4.69, 9.17) is 0 Å². The highest BCUT2D eigenvalue weighted by Crippen LogP contribution is 2.18. The Hall–Kier alpha value is -2.71. The van der Waals surface area contributed by atoms with Gasteiger partial charge in [0.15, 0.2) is 0 Å². The van der Waals surface area contributed by atoms with E-state index in [0.29, 0.717) is 17.7 Å². The van der Waals surface area contributed by atoms with Gasteiger partial charge in [-0.3, -0.25) is 9.59 Å². The maximum Gasteiger partial charge on any atom is 0.251 e. The first-order valence-electron chi connectivity index (χ1n) is 9.43. The smallest absolute Gasteiger partial charge is 0.251 e. The van der Waals surface area contributed by atoms with E-state index in [1.807, 2.05) is 19.9 Å². The number of nitrogens with one attached hydrogen (secondary N) is 3. The molecule has 7 nitrogen and oxygen atoms in total. The Balaban J connectivity index is 2.08. The van der Waals surface area contributed by atoms with Crippen LogP contribution < -0.4 is 15.4 Å². The van der Waals surface area contributed by atoms with Crippen LogP contribution in [0.4, 0.5) is 5.69 Å². The molecule has 0 fully saturated rings. The average molecular weight is 418 g/mol. The minimum atomic E-state index is -3.61. The van der Waals surface area contributed by atoms with E-state index < -0.39 is 10.0 Å². The van der Waals surface area contributed by atoms with Gasteiger partial charge in [0.25, 0.3) is 5.91 Å². The van der Waals surface area contributed by atoms with Crippen LogP contribution in [0.25, 0.3) is 0 Å². The summed E-state index contributed by atoms with van der Waals surface area (Å²) in [6.45, 7) is 6.95. The van der Waals surface area contributed by atoms with Gasteiger partial charge in [-0.1, -0.05) is 19.1 Å². The molecule has 0 aliphatic carbocycles. The van der Waals surface area contributed by atoms with E-state index in [0.717, 1.165) is 5.56 Å². The molecule has 0 saturated heterocycles. The molecule has 2 amide bonds. The number of amides is 2. The molecule has 8 heteroatoms. The third kappa shape index (κ3) is 6.40. The second kappa shape index (κ2) is 9.67. The Morgan fingerprint density at radius 2 is 1.69 bits per heavy atom. The first-order chi connectivity index (χ1) is 13.6. The molecule has 2 aromatic rings. The predicted octanol–water partition coefficient (Wildman–Crippen LogP) is 3.21. The quantitative estimate of drug-likeness (QED) is 0.613. The van der Waals surface area contributed by atoms with Crippen LogP contribution in [0.1, 0.15) is 56.1 Å². The third-order valence-corrected chi connectivity index (χ3v) is 6.06. The number of benzene rings is 2. The second-order valence-corrected chi connectivity index (χ2v) is 8.67. The fraction of sp³-hybridized carbons (Fsp3) is 0.333. The molecule has 0 aliphatic heterocycles. The summed E-state index contributed by atoms with van der Waals surface area (Å²) in [6, 6.07) is 12.6. The minimum absolute atomic E-state index is 0.116. The lowest BCUT2D eigenvalue weighted by Crippen LogP contribution is -2.32. The Morgan fingerprint density at radius 3 is 2.28 bits per heavy atom. The van der Waals surface area contributed by atoms with Crippen molar-refractivity contribution in [3.8, 4) is 0 Å². The molecule has 2 aromatic carbocycles. The van der Waals surface area contributed by atoms with Crippen LogP contribution in [0.5, 0.6) is 0 Å². The van der Waals surface area contributed by atoms with Gasteiger partial charge in [-0.25, -0.2) is 13.1 Å². The number of hydrogen-bond acceptors (Lipinski definition) is 4. The van der Waals surface area contributed by atoms with Gasteiger partial charge in [0.1, 0.15) is 0 Å². The molecule has 156 valence electrons. The highest BCUT2D eigenvalue weighted by Gasteiger charge is 2.18. The molecule has 0 heterocycles. The van der Waals surface area contributed by atoms with Crippen molar-refractivity contribution in [2.24, 2.45) is 0 Å². The van der Waals surface area contributed by atoms with E-state index in [9.17, 15) is 18.0 Å². The zero-order chi connectivity index (χ0) is 21.6. The Labute approximate surface area is 172 Å². The van der Waals surface area contributed by atoms with Crippen molar-refractivity contribution >= 4 is 27.5 Å². The Morgan fingerprint density at radius 1 is 1.03 bits per heavy atom. The first-order valence-corrected chi connectivity index (χ1v) is 10.9. The van der Waals surface area contributed by atoms with Gasteiger partial charge in [0.2, 0.25) is 15.9 Å². The molecule has 0 radical (unpaired) electrons. The van der Waals surface area contributed by atoms with E-state index >= 15 is 0 Å². The van der Waals surface area contributed by atoms with Gasteiger partial charge in [-0.2, -0.15) is 0 Å². The van der Waals surface area contributed by atoms with Crippen LogP contribution in [-0.2, 0) is 14.8 Å². The van der Waals surface area contributed by atoms with Gasteiger partial charge in [0.05, 0.1) is 10.9 Å². The number of carbonyl (C=O) groups is 2. The molecular formula is C21H27N3O4S. The Kier molecular flexibility index (Phi) is 7.53. The summed E-state index contributed by atoms with van der Waals surface area (Å²) in [4.78, 5) is 23.8. The molecule has 0 aliphatic rings. The fourth-order valence-corrected chi connectivity index (χ4v) is 3.98. The second-order valence-electron chi connectivity index (χ2n) is 6.96. The van der Waals surface area contributed by atoms with Crippen LogP contribution in [0.3, 0.4) is 0 Å². The Bertz CT molecular complexity index is 972. The third-order valence-electron chi connectivity index (χ3n) is 4.45. The summed E-state index contributed by atoms with van der Waals surface area (Å²) in [7, 11) is -3.61. The zero-order valence-electron chi connectivity index (χ0n) is 17.0. The van der Waals surface area contributed by atoms with Gasteiger partial charge in [-0.05, 0) is 62.2 Å². The topological polar surface area (TPSA) is 104 Å². The van der Waals surface area contributed by atoms with Gasteiger partial charge < -0.3 is 10.6 Å². The van der Waals surface area contributed by atoms with Gasteiger partial charge in [0, 0.05) is 24.2 Å². The zero-order valence-corrected chi connectivity index (χ0v) is 17.8. The van der Waals surface area contributed by atoms with Crippen molar-refractivity contribution in [2.75, 3.05) is 5.32 Å². The van der Waals surface area contributed by atoms with Crippen molar-refractivity contribution in [2.45, 2.75) is 51.1 Å². The van der Waals surface area contributed by atoms with E-state index in [2.05, 4.69) is 15.4 Å². The average Bonchev–Trinajstić information content (AvgIpc) is 2.67. The summed E-state index contributed by atoms with van der Waals surface area (Å²) < 4.78 is 27.2. The van der Waals surface area contributed by atoms with Crippen molar-refractivity contribution in [1.29, 1.82) is 0 Å². The molecule has 0 bridgehead atoms. The lowest BCUT2D eigenvalue weighted by Gasteiger charge is -2.16. The first kappa shape index (κ1) is 22.6. The maximum absolute atomic E-state index is 12.5. The van der Waals surface area contributed by atoms with Crippen LogP contribution in [-0.4, -0.2) is 26.3 Å². The maximum atomic E-state index is 12.5.